The summed E-state index contributed by atoms with van der Waals surface area (Å²) in [4.78, 5) is 30.2. The lowest BCUT2D eigenvalue weighted by Crippen LogP contribution is -2.41. The maximum atomic E-state index is 11.4. The third kappa shape index (κ3) is 3.28. The summed E-state index contributed by atoms with van der Waals surface area (Å²) in [6.45, 7) is 3.03. The molecule has 1 aromatic heterocycles. The minimum absolute atomic E-state index is 0.165. The predicted octanol–water partition coefficient (Wildman–Crippen LogP) is 1.98. The normalized spacial score (nSPS) is 20.2. The maximum Gasteiger partial charge on any atom is 0.304 e. The summed E-state index contributed by atoms with van der Waals surface area (Å²) >= 11 is 5.79. The Morgan fingerprint density at radius 3 is 2.92 bits per heavy atom. The van der Waals surface area contributed by atoms with Gasteiger partial charge in [-0.05, 0) is 11.6 Å². The quantitative estimate of drug-likeness (QED) is 0.354. The molecule has 3 rings (SSSR count). The molecule has 128 valence electrons. The smallest absolute Gasteiger partial charge is 0.304 e. The van der Waals surface area contributed by atoms with Gasteiger partial charge in [-0.15, -0.1) is 0 Å². The highest BCUT2D eigenvalue weighted by Gasteiger charge is 2.42. The van der Waals surface area contributed by atoms with Crippen molar-refractivity contribution in [3.8, 4) is 0 Å². The zero-order valence-corrected chi connectivity index (χ0v) is 13.9. The molecule has 0 radical (unpaired) electrons. The first-order chi connectivity index (χ1) is 11.5. The molecular formula is C15H17ClN4O4. The van der Waals surface area contributed by atoms with Crippen molar-refractivity contribution in [1.29, 1.82) is 0 Å². The van der Waals surface area contributed by atoms with Gasteiger partial charge in [0.25, 0.3) is 5.70 Å². The molecule has 3 heterocycles. The first-order valence-electron chi connectivity index (χ1n) is 7.62. The average Bonchev–Trinajstić information content (AvgIpc) is 2.93. The number of halogens is 1. The van der Waals surface area contributed by atoms with Gasteiger partial charge in [0.2, 0.25) is 0 Å². The van der Waals surface area contributed by atoms with Crippen molar-refractivity contribution in [3.63, 3.8) is 0 Å². The SMILES string of the molecule is CC(=O)OC1CCC([N+](=O)[O-])=C2N(Cc3ccc(Cl)nc3)CCN21. The van der Waals surface area contributed by atoms with Crippen molar-refractivity contribution in [2.45, 2.75) is 32.5 Å². The Morgan fingerprint density at radius 1 is 1.50 bits per heavy atom. The molecule has 1 fully saturated rings. The third-order valence-electron chi connectivity index (χ3n) is 4.10. The first kappa shape index (κ1) is 16.5. The summed E-state index contributed by atoms with van der Waals surface area (Å²) in [5.41, 5.74) is 1.07. The van der Waals surface area contributed by atoms with Crippen LogP contribution in [0.2, 0.25) is 5.15 Å². The molecule has 2 aliphatic rings. The van der Waals surface area contributed by atoms with E-state index in [1.54, 1.807) is 12.3 Å². The molecule has 2 aliphatic heterocycles. The lowest BCUT2D eigenvalue weighted by Gasteiger charge is -2.34. The molecule has 0 saturated carbocycles. The summed E-state index contributed by atoms with van der Waals surface area (Å²) in [6, 6.07) is 3.53. The van der Waals surface area contributed by atoms with Crippen molar-refractivity contribution in [2.24, 2.45) is 0 Å². The largest absolute Gasteiger partial charge is 0.442 e. The molecule has 9 heteroatoms. The Labute approximate surface area is 143 Å². The first-order valence-corrected chi connectivity index (χ1v) is 8.00. The second-order valence-corrected chi connectivity index (χ2v) is 6.12. The number of hydrogen-bond donors (Lipinski definition) is 0. The second kappa shape index (κ2) is 6.64. The fraction of sp³-hybridized carbons (Fsp3) is 0.467. The zero-order valence-electron chi connectivity index (χ0n) is 13.1. The van der Waals surface area contributed by atoms with Crippen LogP contribution in [0.15, 0.2) is 29.8 Å². The van der Waals surface area contributed by atoms with E-state index in [1.165, 1.54) is 6.92 Å². The van der Waals surface area contributed by atoms with E-state index in [0.29, 0.717) is 37.0 Å². The van der Waals surface area contributed by atoms with Gasteiger partial charge < -0.3 is 14.5 Å². The number of pyridine rings is 1. The van der Waals surface area contributed by atoms with Crippen LogP contribution >= 0.6 is 11.6 Å². The summed E-state index contributed by atoms with van der Waals surface area (Å²) in [7, 11) is 0. The van der Waals surface area contributed by atoms with E-state index in [1.807, 2.05) is 15.9 Å². The van der Waals surface area contributed by atoms with Gasteiger partial charge in [0.1, 0.15) is 5.15 Å². The van der Waals surface area contributed by atoms with Gasteiger partial charge in [0.05, 0.1) is 4.92 Å². The van der Waals surface area contributed by atoms with Gasteiger partial charge in [-0.25, -0.2) is 4.98 Å². The summed E-state index contributed by atoms with van der Waals surface area (Å²) < 4.78 is 5.32. The summed E-state index contributed by atoms with van der Waals surface area (Å²) in [5.74, 6) is 0.150. The number of esters is 1. The number of carbonyl (C=O) groups is 1. The van der Waals surface area contributed by atoms with Crippen molar-refractivity contribution in [1.82, 2.24) is 14.8 Å². The topological polar surface area (TPSA) is 88.8 Å². The Balaban J connectivity index is 1.87. The number of allylic oxidation sites excluding steroid dienone is 1. The number of carbonyl (C=O) groups excluding carboxylic acids is 1. The molecule has 1 unspecified atom stereocenters. The van der Waals surface area contributed by atoms with Crippen LogP contribution in [0.4, 0.5) is 0 Å². The number of ether oxygens (including phenoxy) is 1. The number of aromatic nitrogens is 1. The van der Waals surface area contributed by atoms with Crippen molar-refractivity contribution in [3.05, 3.63) is 50.7 Å². The molecule has 0 amide bonds. The Bertz CT molecular complexity index is 691. The molecule has 8 nitrogen and oxygen atoms in total. The highest BCUT2D eigenvalue weighted by atomic mass is 35.5. The van der Waals surface area contributed by atoms with Gasteiger partial charge in [-0.3, -0.25) is 14.9 Å². The molecule has 1 aromatic rings. The number of rotatable bonds is 4. The minimum atomic E-state index is -0.449. The third-order valence-corrected chi connectivity index (χ3v) is 4.32. The van der Waals surface area contributed by atoms with E-state index in [4.69, 9.17) is 16.3 Å². The Hall–Kier alpha value is -2.35. The summed E-state index contributed by atoms with van der Waals surface area (Å²) in [6.07, 6.45) is 1.90. The lowest BCUT2D eigenvalue weighted by molar-refractivity contribution is -0.433. The van der Waals surface area contributed by atoms with Crippen LogP contribution < -0.4 is 0 Å². The number of fused-ring (bicyclic) bond motifs is 1. The van der Waals surface area contributed by atoms with Crippen LogP contribution in [0.1, 0.15) is 25.3 Å². The minimum Gasteiger partial charge on any atom is -0.442 e. The van der Waals surface area contributed by atoms with E-state index < -0.39 is 6.23 Å². The number of hydrogen-bond acceptors (Lipinski definition) is 7. The van der Waals surface area contributed by atoms with E-state index in [0.717, 1.165) is 5.56 Å². The van der Waals surface area contributed by atoms with E-state index in [2.05, 4.69) is 4.98 Å². The van der Waals surface area contributed by atoms with Crippen molar-refractivity contribution >= 4 is 17.6 Å². The average molecular weight is 353 g/mol. The fourth-order valence-corrected chi connectivity index (χ4v) is 3.25. The number of nitrogens with zero attached hydrogens (tertiary/aromatic N) is 4. The van der Waals surface area contributed by atoms with Gasteiger partial charge in [-0.1, -0.05) is 17.7 Å². The lowest BCUT2D eigenvalue weighted by atomic mass is 10.1. The van der Waals surface area contributed by atoms with E-state index >= 15 is 0 Å². The molecule has 0 N–H and O–H groups in total. The molecule has 0 bridgehead atoms. The van der Waals surface area contributed by atoms with Crippen LogP contribution in [0.3, 0.4) is 0 Å². The van der Waals surface area contributed by atoms with Gasteiger partial charge in [-0.2, -0.15) is 0 Å². The highest BCUT2D eigenvalue weighted by molar-refractivity contribution is 6.29. The molecular weight excluding hydrogens is 336 g/mol. The molecule has 0 spiro atoms. The molecule has 1 saturated heterocycles. The fourth-order valence-electron chi connectivity index (χ4n) is 3.14. The zero-order chi connectivity index (χ0) is 17.3. The van der Waals surface area contributed by atoms with Gasteiger partial charge >= 0.3 is 5.97 Å². The van der Waals surface area contributed by atoms with Crippen LogP contribution in [0.25, 0.3) is 0 Å². The van der Waals surface area contributed by atoms with Crippen LogP contribution in [-0.4, -0.2) is 45.0 Å². The second-order valence-electron chi connectivity index (χ2n) is 5.73. The van der Waals surface area contributed by atoms with Crippen LogP contribution in [0.5, 0.6) is 0 Å². The van der Waals surface area contributed by atoms with Crippen molar-refractivity contribution in [2.75, 3.05) is 13.1 Å². The van der Waals surface area contributed by atoms with E-state index in [-0.39, 0.29) is 23.0 Å². The van der Waals surface area contributed by atoms with E-state index in [9.17, 15) is 14.9 Å². The molecule has 0 aromatic carbocycles. The Morgan fingerprint density at radius 2 is 2.29 bits per heavy atom. The monoisotopic (exact) mass is 352 g/mol. The molecule has 1 atom stereocenters. The summed E-state index contributed by atoms with van der Waals surface area (Å²) in [5, 5.41) is 11.8. The molecule has 24 heavy (non-hydrogen) atoms. The highest BCUT2D eigenvalue weighted by Crippen LogP contribution is 2.34. The molecule has 0 aliphatic carbocycles. The van der Waals surface area contributed by atoms with Crippen molar-refractivity contribution < 1.29 is 14.5 Å². The maximum absolute atomic E-state index is 11.4. The standard InChI is InChI=1S/C15H17ClN4O4/c1-10(21)24-14-5-3-12(20(22)23)15-18(6-7-19(14)15)9-11-2-4-13(16)17-8-11/h2,4,8,14H,3,5-7,9H2,1H3. The Kier molecular flexibility index (Phi) is 4.57. The van der Waals surface area contributed by atoms with Crippen LogP contribution in [0, 0.1) is 10.1 Å². The van der Waals surface area contributed by atoms with Gasteiger partial charge in [0.15, 0.2) is 12.0 Å². The van der Waals surface area contributed by atoms with Crippen LogP contribution in [-0.2, 0) is 16.1 Å². The van der Waals surface area contributed by atoms with Gasteiger partial charge in [0, 0.05) is 45.6 Å². The number of nitro groups is 1. The predicted molar refractivity (Wildman–Crippen MR) is 85.2 cm³/mol.